The van der Waals surface area contributed by atoms with Crippen molar-refractivity contribution < 1.29 is 29.6 Å². The van der Waals surface area contributed by atoms with Gasteiger partial charge in [-0.2, -0.15) is 5.28 Å². The largest absolute Gasteiger partial charge is 0.508 e. The molecule has 1 aliphatic rings. The van der Waals surface area contributed by atoms with Crippen LogP contribution in [0.5, 0.6) is 0 Å². The summed E-state index contributed by atoms with van der Waals surface area (Å²) in [6.45, 7) is 5.59. The minimum absolute atomic E-state index is 0.0855. The van der Waals surface area contributed by atoms with Gasteiger partial charge in [0.1, 0.15) is 0 Å². The van der Waals surface area contributed by atoms with E-state index in [1.54, 1.807) is 18.9 Å². The summed E-state index contributed by atoms with van der Waals surface area (Å²) in [5.41, 5.74) is 3.60. The van der Waals surface area contributed by atoms with Gasteiger partial charge in [-0.15, -0.1) is 5.01 Å². The quantitative estimate of drug-likeness (QED) is 0.380. The van der Waals surface area contributed by atoms with E-state index in [9.17, 15) is 10.0 Å². The first-order valence-corrected chi connectivity index (χ1v) is 6.57. The van der Waals surface area contributed by atoms with Gasteiger partial charge in [0.05, 0.1) is 25.8 Å². The van der Waals surface area contributed by atoms with Gasteiger partial charge in [-0.25, -0.2) is 10.0 Å². The van der Waals surface area contributed by atoms with Crippen molar-refractivity contribution in [1.82, 2.24) is 5.01 Å². The number of hydrogen-bond acceptors (Lipinski definition) is 6. The lowest BCUT2D eigenvalue weighted by Crippen LogP contribution is -3.12. The number of nitrogens with zero attached hydrogens (tertiary/aromatic N) is 2. The van der Waals surface area contributed by atoms with Gasteiger partial charge in [0.2, 0.25) is 0 Å². The summed E-state index contributed by atoms with van der Waals surface area (Å²) in [5, 5.41) is 11.2. The van der Waals surface area contributed by atoms with Gasteiger partial charge in [-0.3, -0.25) is 5.59 Å². The Bertz CT molecular complexity index is 259. The van der Waals surface area contributed by atoms with Crippen molar-refractivity contribution in [3.05, 3.63) is 5.59 Å². The molecular formula is C11H23N3O5. The average molecular weight is 277 g/mol. The van der Waals surface area contributed by atoms with Crippen molar-refractivity contribution in [2.75, 3.05) is 26.3 Å². The zero-order valence-corrected chi connectivity index (χ0v) is 11.5. The normalized spacial score (nSPS) is 17.7. The zero-order chi connectivity index (χ0) is 14.1. The molecule has 1 fully saturated rings. The Morgan fingerprint density at radius 1 is 1.37 bits per heavy atom. The van der Waals surface area contributed by atoms with Crippen LogP contribution in [0.1, 0.15) is 33.1 Å². The van der Waals surface area contributed by atoms with Crippen molar-refractivity contribution in [3.63, 3.8) is 0 Å². The van der Waals surface area contributed by atoms with Gasteiger partial charge in [0, 0.05) is 13.0 Å². The number of rotatable bonds is 8. The molecule has 0 spiro atoms. The summed E-state index contributed by atoms with van der Waals surface area (Å²) in [6, 6.07) is 0. The maximum atomic E-state index is 11.0. The van der Waals surface area contributed by atoms with Crippen LogP contribution in [0.4, 0.5) is 4.79 Å². The summed E-state index contributed by atoms with van der Waals surface area (Å²) in [5.74, 6) is 0. The maximum absolute atomic E-state index is 11.0. The minimum Gasteiger partial charge on any atom is -0.434 e. The highest BCUT2D eigenvalue weighted by atomic mass is 16.8. The van der Waals surface area contributed by atoms with E-state index in [-0.39, 0.29) is 24.6 Å². The highest BCUT2D eigenvalue weighted by Gasteiger charge is 2.17. The smallest absolute Gasteiger partial charge is 0.434 e. The molecule has 1 heterocycles. The van der Waals surface area contributed by atoms with Crippen LogP contribution in [-0.4, -0.2) is 48.8 Å². The molecule has 8 nitrogen and oxygen atoms in total. The molecular weight excluding hydrogens is 254 g/mol. The van der Waals surface area contributed by atoms with Crippen LogP contribution in [0.15, 0.2) is 0 Å². The Balaban J connectivity index is 1.92. The molecule has 1 atom stereocenters. The van der Waals surface area contributed by atoms with E-state index in [4.69, 9.17) is 14.3 Å². The van der Waals surface area contributed by atoms with Crippen LogP contribution in [-0.2, 0) is 14.3 Å². The Hall–Kier alpha value is -0.930. The Morgan fingerprint density at radius 3 is 2.68 bits per heavy atom. The number of carbonyl (C=O) groups is 1. The number of hydrogen-bond donors (Lipinski definition) is 2. The van der Waals surface area contributed by atoms with E-state index in [0.717, 1.165) is 25.9 Å². The summed E-state index contributed by atoms with van der Waals surface area (Å²) < 4.78 is 9.58. The van der Waals surface area contributed by atoms with Crippen molar-refractivity contribution in [2.45, 2.75) is 39.2 Å². The zero-order valence-electron chi connectivity index (χ0n) is 11.5. The van der Waals surface area contributed by atoms with Gasteiger partial charge < -0.3 is 14.3 Å². The second kappa shape index (κ2) is 9.05. The van der Waals surface area contributed by atoms with E-state index in [0.29, 0.717) is 6.42 Å². The average Bonchev–Trinajstić information content (AvgIpc) is 2.86. The fourth-order valence-electron chi connectivity index (χ4n) is 1.58. The molecule has 0 aromatic carbocycles. The standard InChI is InChI=1S/C11H23N3O5/c1-10(2)19-11(15)17-8-5-9-18-12-14(16)13-6-3-4-7-13/h10,14,16H,3-9H2,1-2H3. The fraction of sp³-hybridized carbons (Fsp3) is 0.909. The molecule has 0 saturated carbocycles. The van der Waals surface area contributed by atoms with Gasteiger partial charge in [0.15, 0.2) is 0 Å². The van der Waals surface area contributed by atoms with E-state index in [2.05, 4.69) is 5.59 Å². The first kappa shape index (κ1) is 16.1. The fourth-order valence-corrected chi connectivity index (χ4v) is 1.58. The molecule has 112 valence electrons. The van der Waals surface area contributed by atoms with E-state index in [1.165, 1.54) is 0 Å². The third-order valence-electron chi connectivity index (χ3n) is 2.47. The van der Waals surface area contributed by atoms with Gasteiger partial charge >= 0.3 is 6.16 Å². The first-order valence-electron chi connectivity index (χ1n) is 6.57. The second-order valence-electron chi connectivity index (χ2n) is 4.54. The monoisotopic (exact) mass is 277 g/mol. The molecule has 2 N–H and O–H groups in total. The number of carbonyl (C=O) groups excluding carboxylic acids is 1. The topological polar surface area (TPSA) is 86.8 Å². The molecule has 0 amide bonds. The predicted octanol–water partition coefficient (Wildman–Crippen LogP) is 0.443. The van der Waals surface area contributed by atoms with Crippen LogP contribution in [0.25, 0.3) is 5.59 Å². The molecule has 0 radical (unpaired) electrons. The molecule has 8 heteroatoms. The lowest BCUT2D eigenvalue weighted by atomic mass is 10.4. The third kappa shape index (κ3) is 7.28. The molecule has 0 aromatic rings. The Morgan fingerprint density at radius 2 is 2.05 bits per heavy atom. The summed E-state index contributed by atoms with van der Waals surface area (Å²) in [6.07, 6.45) is 1.74. The number of ether oxygens (including phenoxy) is 2. The van der Waals surface area contributed by atoms with Crippen LogP contribution in [0.2, 0.25) is 0 Å². The summed E-state index contributed by atoms with van der Waals surface area (Å²) in [7, 11) is 0. The molecule has 1 saturated heterocycles. The van der Waals surface area contributed by atoms with Crippen LogP contribution >= 0.6 is 0 Å². The van der Waals surface area contributed by atoms with Crippen LogP contribution in [0, 0.1) is 0 Å². The van der Waals surface area contributed by atoms with Crippen molar-refractivity contribution in [2.24, 2.45) is 0 Å². The van der Waals surface area contributed by atoms with Crippen LogP contribution < -0.4 is 5.28 Å². The van der Waals surface area contributed by atoms with E-state index in [1.807, 2.05) is 0 Å². The van der Waals surface area contributed by atoms with Crippen molar-refractivity contribution >= 4 is 6.16 Å². The van der Waals surface area contributed by atoms with E-state index >= 15 is 0 Å². The SMILES string of the molecule is CC(C)OC(=O)OCCCO[N-][NH+](O)N1CCCC1. The Kier molecular flexibility index (Phi) is 7.68. The third-order valence-corrected chi connectivity index (χ3v) is 2.47. The first-order chi connectivity index (χ1) is 9.09. The van der Waals surface area contributed by atoms with Crippen molar-refractivity contribution in [3.8, 4) is 0 Å². The predicted molar refractivity (Wildman–Crippen MR) is 65.1 cm³/mol. The van der Waals surface area contributed by atoms with Gasteiger partial charge in [-0.05, 0) is 26.7 Å². The van der Waals surface area contributed by atoms with Crippen molar-refractivity contribution in [1.29, 1.82) is 0 Å². The molecule has 1 rings (SSSR count). The lowest BCUT2D eigenvalue weighted by molar-refractivity contribution is -1.16. The Labute approximate surface area is 113 Å². The molecule has 1 aliphatic heterocycles. The van der Waals surface area contributed by atoms with Gasteiger partial charge in [0.25, 0.3) is 0 Å². The second-order valence-corrected chi connectivity index (χ2v) is 4.54. The summed E-state index contributed by atoms with van der Waals surface area (Å²) in [4.78, 5) is 15.9. The minimum atomic E-state index is -0.682. The maximum Gasteiger partial charge on any atom is 0.508 e. The molecule has 0 aliphatic carbocycles. The van der Waals surface area contributed by atoms with Crippen LogP contribution in [0.3, 0.4) is 0 Å². The number of quaternary nitrogens is 1. The molecule has 0 bridgehead atoms. The van der Waals surface area contributed by atoms with E-state index < -0.39 is 6.16 Å². The summed E-state index contributed by atoms with van der Waals surface area (Å²) >= 11 is 0. The number of nitrogens with one attached hydrogen (secondary N) is 1. The lowest BCUT2D eigenvalue weighted by Gasteiger charge is -2.29. The molecule has 19 heavy (non-hydrogen) atoms. The van der Waals surface area contributed by atoms with Gasteiger partial charge in [-0.1, -0.05) is 0 Å². The highest BCUT2D eigenvalue weighted by molar-refractivity contribution is 5.59. The highest BCUT2D eigenvalue weighted by Crippen LogP contribution is 2.01. The molecule has 0 aromatic heterocycles. The molecule has 1 unspecified atom stereocenters.